The third-order valence-electron chi connectivity index (χ3n) is 2.35. The van der Waals surface area contributed by atoms with Crippen LogP contribution in [-0.2, 0) is 9.53 Å². The normalized spacial score (nSPS) is 16.6. The van der Waals surface area contributed by atoms with Gasteiger partial charge in [-0.3, -0.25) is 0 Å². The van der Waals surface area contributed by atoms with Crippen molar-refractivity contribution in [2.45, 2.75) is 0 Å². The molecule has 0 amide bonds. The van der Waals surface area contributed by atoms with E-state index in [1.54, 1.807) is 11.5 Å². The number of carbonyl (C=O) groups excluding carboxylic acids is 1. The van der Waals surface area contributed by atoms with Crippen molar-refractivity contribution < 1.29 is 9.53 Å². The van der Waals surface area contributed by atoms with Gasteiger partial charge in [0, 0.05) is 15.4 Å². The number of esters is 1. The summed E-state index contributed by atoms with van der Waals surface area (Å²) in [5, 5.41) is 5.56. The van der Waals surface area contributed by atoms with Crippen LogP contribution >= 0.6 is 27.5 Å². The molecule has 0 saturated carbocycles. The number of carbonyl (C=O) groups is 1. The fourth-order valence-corrected chi connectivity index (χ4v) is 2.34. The van der Waals surface area contributed by atoms with Crippen LogP contribution in [0.2, 0.25) is 0 Å². The van der Waals surface area contributed by atoms with Crippen molar-refractivity contribution in [3.8, 4) is 0 Å². The number of aromatic nitrogens is 2. The van der Waals surface area contributed by atoms with Crippen molar-refractivity contribution in [3.05, 3.63) is 51.1 Å². The molecular weight excluding hydrogens is 330 g/mol. The molecule has 0 spiro atoms. The van der Waals surface area contributed by atoms with Crippen LogP contribution in [0.15, 0.2) is 44.8 Å². The number of aliphatic imine (C=N–C) groups is 1. The highest BCUT2D eigenvalue weighted by Crippen LogP contribution is 2.20. The number of hydrogen-bond donors (Lipinski definition) is 0. The van der Waals surface area contributed by atoms with E-state index in [-0.39, 0.29) is 5.70 Å². The first-order valence-electron chi connectivity index (χ1n) is 5.28. The number of nitrogens with zero attached hydrogens (tertiary/aromatic N) is 3. The van der Waals surface area contributed by atoms with Crippen LogP contribution in [-0.4, -0.2) is 21.5 Å². The molecule has 0 atom stereocenters. The summed E-state index contributed by atoms with van der Waals surface area (Å²) < 4.78 is 9.75. The van der Waals surface area contributed by atoms with E-state index in [1.165, 1.54) is 11.5 Å². The van der Waals surface area contributed by atoms with Crippen LogP contribution in [0, 0.1) is 0 Å². The minimum atomic E-state index is -0.483. The summed E-state index contributed by atoms with van der Waals surface area (Å²) >= 11 is 4.57. The van der Waals surface area contributed by atoms with Crippen LogP contribution < -0.4 is 0 Å². The third kappa shape index (κ3) is 2.61. The van der Waals surface area contributed by atoms with E-state index in [0.717, 1.165) is 10.0 Å². The van der Waals surface area contributed by atoms with Gasteiger partial charge in [0.25, 0.3) is 0 Å². The first-order valence-corrected chi connectivity index (χ1v) is 6.91. The largest absolute Gasteiger partial charge is 0.402 e. The average molecular weight is 336 g/mol. The molecule has 2 heterocycles. The molecule has 0 N–H and O–H groups in total. The maximum absolute atomic E-state index is 11.7. The molecule has 0 bridgehead atoms. The van der Waals surface area contributed by atoms with Gasteiger partial charge in [-0.15, -0.1) is 5.10 Å². The van der Waals surface area contributed by atoms with Crippen LogP contribution in [0.5, 0.6) is 0 Å². The van der Waals surface area contributed by atoms with Gasteiger partial charge in [-0.05, 0) is 35.8 Å². The van der Waals surface area contributed by atoms with E-state index in [1.807, 2.05) is 24.3 Å². The summed E-state index contributed by atoms with van der Waals surface area (Å²) in [5.41, 5.74) is 1.56. The lowest BCUT2D eigenvalue weighted by atomic mass is 10.2. The summed E-state index contributed by atoms with van der Waals surface area (Å²) in [6, 6.07) is 7.39. The molecular formula is C12H6BrN3O2S. The maximum atomic E-state index is 11.7. The van der Waals surface area contributed by atoms with Gasteiger partial charge in [0.05, 0.1) is 0 Å². The Bertz CT molecular complexity index is 695. The highest BCUT2D eigenvalue weighted by molar-refractivity contribution is 9.10. The fourth-order valence-electron chi connectivity index (χ4n) is 1.53. The Balaban J connectivity index is 1.95. The van der Waals surface area contributed by atoms with E-state index in [0.29, 0.717) is 11.6 Å². The number of hydrogen-bond acceptors (Lipinski definition) is 6. The van der Waals surface area contributed by atoms with Crippen molar-refractivity contribution in [1.29, 1.82) is 0 Å². The van der Waals surface area contributed by atoms with Crippen LogP contribution in [0.4, 0.5) is 0 Å². The van der Waals surface area contributed by atoms with Gasteiger partial charge < -0.3 is 4.74 Å². The molecule has 0 radical (unpaired) electrons. The second-order valence-corrected chi connectivity index (χ2v) is 5.20. The van der Waals surface area contributed by atoms with Gasteiger partial charge in [0.2, 0.25) is 5.90 Å². The summed E-state index contributed by atoms with van der Waals surface area (Å²) in [4.78, 5) is 15.9. The average Bonchev–Trinajstić information content (AvgIpc) is 3.01. The number of rotatable bonds is 2. The molecule has 0 fully saturated rings. The van der Waals surface area contributed by atoms with Gasteiger partial charge in [0.1, 0.15) is 5.69 Å². The van der Waals surface area contributed by atoms with Crippen LogP contribution in [0.3, 0.4) is 0 Å². The minimum absolute atomic E-state index is 0.225. The smallest absolute Gasteiger partial charge is 0.363 e. The molecule has 94 valence electrons. The number of halogens is 1. The summed E-state index contributed by atoms with van der Waals surface area (Å²) in [6.07, 6.45) is 1.55. The number of ether oxygens (including phenoxy) is 1. The molecule has 7 heteroatoms. The number of benzene rings is 1. The molecule has 0 aliphatic carbocycles. The highest BCUT2D eigenvalue weighted by Gasteiger charge is 2.24. The van der Waals surface area contributed by atoms with Crippen LogP contribution in [0.1, 0.15) is 11.3 Å². The lowest BCUT2D eigenvalue weighted by molar-refractivity contribution is -0.129. The van der Waals surface area contributed by atoms with E-state index >= 15 is 0 Å². The zero-order chi connectivity index (χ0) is 13.2. The molecule has 5 nitrogen and oxygen atoms in total. The molecule has 1 aliphatic rings. The highest BCUT2D eigenvalue weighted by atomic mass is 79.9. The lowest BCUT2D eigenvalue weighted by Crippen LogP contribution is -2.05. The molecule has 19 heavy (non-hydrogen) atoms. The summed E-state index contributed by atoms with van der Waals surface area (Å²) in [5.74, 6) is -0.191. The molecule has 1 aromatic carbocycles. The standard InChI is InChI=1S/C12H6BrN3O2S/c13-8-3-1-2-7(4-8)11-14-10(12(17)18-11)5-9-6-19-16-15-9/h1-6H/b10-5-. The zero-order valence-corrected chi connectivity index (χ0v) is 11.8. The minimum Gasteiger partial charge on any atom is -0.402 e. The monoisotopic (exact) mass is 335 g/mol. The Hall–Kier alpha value is -1.86. The predicted molar refractivity (Wildman–Crippen MR) is 74.7 cm³/mol. The summed E-state index contributed by atoms with van der Waals surface area (Å²) in [6.45, 7) is 0. The van der Waals surface area contributed by atoms with E-state index in [4.69, 9.17) is 4.74 Å². The van der Waals surface area contributed by atoms with Gasteiger partial charge in [-0.2, -0.15) is 0 Å². The molecule has 0 unspecified atom stereocenters. The molecule has 2 aromatic rings. The Morgan fingerprint density at radius 3 is 3.00 bits per heavy atom. The Morgan fingerprint density at radius 2 is 2.26 bits per heavy atom. The molecule has 1 aliphatic heterocycles. The van der Waals surface area contributed by atoms with Crippen molar-refractivity contribution >= 4 is 45.4 Å². The van der Waals surface area contributed by atoms with E-state index < -0.39 is 5.97 Å². The Labute approximate surface area is 120 Å². The Kier molecular flexibility index (Phi) is 3.22. The maximum Gasteiger partial charge on any atom is 0.363 e. The SMILES string of the molecule is O=C1OC(c2cccc(Br)c2)=N/C1=C\c1csnn1. The van der Waals surface area contributed by atoms with Crippen molar-refractivity contribution in [2.24, 2.45) is 4.99 Å². The van der Waals surface area contributed by atoms with Crippen molar-refractivity contribution in [3.63, 3.8) is 0 Å². The third-order valence-corrected chi connectivity index (χ3v) is 3.37. The fraction of sp³-hybridized carbons (Fsp3) is 0. The van der Waals surface area contributed by atoms with E-state index in [9.17, 15) is 4.79 Å². The van der Waals surface area contributed by atoms with E-state index in [2.05, 4.69) is 30.5 Å². The van der Waals surface area contributed by atoms with Crippen LogP contribution in [0.25, 0.3) is 6.08 Å². The second-order valence-electron chi connectivity index (χ2n) is 3.68. The van der Waals surface area contributed by atoms with Crippen molar-refractivity contribution in [2.75, 3.05) is 0 Å². The molecule has 1 aromatic heterocycles. The zero-order valence-electron chi connectivity index (χ0n) is 9.41. The topological polar surface area (TPSA) is 64.4 Å². The van der Waals surface area contributed by atoms with Gasteiger partial charge in [-0.25, -0.2) is 9.79 Å². The first-order chi connectivity index (χ1) is 9.22. The Morgan fingerprint density at radius 1 is 1.37 bits per heavy atom. The second kappa shape index (κ2) is 5.02. The lowest BCUT2D eigenvalue weighted by Gasteiger charge is -1.99. The van der Waals surface area contributed by atoms with Gasteiger partial charge in [0.15, 0.2) is 5.70 Å². The van der Waals surface area contributed by atoms with Crippen molar-refractivity contribution in [1.82, 2.24) is 9.59 Å². The van der Waals surface area contributed by atoms with Gasteiger partial charge in [-0.1, -0.05) is 26.5 Å². The van der Waals surface area contributed by atoms with Gasteiger partial charge >= 0.3 is 5.97 Å². The number of cyclic esters (lactones) is 1. The summed E-state index contributed by atoms with van der Waals surface area (Å²) in [7, 11) is 0. The quantitative estimate of drug-likeness (QED) is 0.625. The predicted octanol–water partition coefficient (Wildman–Crippen LogP) is 2.65. The first kappa shape index (κ1) is 12.2. The molecule has 3 rings (SSSR count). The molecule has 0 saturated heterocycles.